The minimum atomic E-state index is -1.66. The van der Waals surface area contributed by atoms with Gasteiger partial charge in [-0.1, -0.05) is 76.8 Å². The predicted octanol–water partition coefficient (Wildman–Crippen LogP) is 6.60. The standard InChI is InChI=1S/C46H57FN2O11/c1-11-32-57-36-33-25(2)30(22-46(53,43(33,8)9)26(3)38-44(10,39(36)58-32)20-19-31-45(38,24-55-31)59-27(4)50)56-40(51)37(54-23-28-16-13-12-14-17-28)35(34-29(47)18-15-21-48-34)49-41(52)60-42(5,6)7/h11-21,26,30-32,35-39,53H,1,22-24H2,2-10H3,(H,49,52)/t26-,30-,31+,32+,35-,36+,37+,38-,39+,44+,45-,46+/m0/s1. The minimum absolute atomic E-state index is 0.0865. The van der Waals surface area contributed by atoms with Crippen LogP contribution in [0, 0.1) is 28.5 Å². The monoisotopic (exact) mass is 832 g/mol. The molecule has 0 radical (unpaired) electrons. The molecule has 5 aliphatic rings. The van der Waals surface area contributed by atoms with Crippen molar-refractivity contribution < 1.29 is 57.0 Å². The fourth-order valence-corrected chi connectivity index (χ4v) is 10.6. The molecule has 2 N–H and O–H groups in total. The van der Waals surface area contributed by atoms with Crippen LogP contribution in [0.4, 0.5) is 9.18 Å². The maximum atomic E-state index is 15.7. The quantitative estimate of drug-likeness (QED) is 0.150. The van der Waals surface area contributed by atoms with Gasteiger partial charge in [0.25, 0.3) is 0 Å². The van der Waals surface area contributed by atoms with Gasteiger partial charge in [-0.2, -0.15) is 0 Å². The molecule has 12 atom stereocenters. The molecule has 3 heterocycles. The maximum absolute atomic E-state index is 15.7. The molecule has 324 valence electrons. The molecular weight excluding hydrogens is 776 g/mol. The molecule has 7 rings (SSSR count). The summed E-state index contributed by atoms with van der Waals surface area (Å²) in [6.45, 7) is 20.0. The lowest BCUT2D eigenvalue weighted by Crippen LogP contribution is -2.76. The van der Waals surface area contributed by atoms with Gasteiger partial charge in [0.15, 0.2) is 18.0 Å². The number of hydrogen-bond donors (Lipinski definition) is 2. The van der Waals surface area contributed by atoms with Crippen LogP contribution < -0.4 is 5.32 Å². The number of nitrogens with one attached hydrogen (secondary N) is 1. The van der Waals surface area contributed by atoms with Gasteiger partial charge >= 0.3 is 18.0 Å². The lowest BCUT2D eigenvalue weighted by Gasteiger charge is -2.66. The van der Waals surface area contributed by atoms with E-state index in [1.807, 2.05) is 65.0 Å². The van der Waals surface area contributed by atoms with Crippen LogP contribution in [0.3, 0.4) is 0 Å². The summed E-state index contributed by atoms with van der Waals surface area (Å²) in [5.41, 5.74) is -3.89. The fourth-order valence-electron chi connectivity index (χ4n) is 10.6. The molecular formula is C46H57FN2O11. The molecule has 1 aromatic carbocycles. The number of carbonyl (C=O) groups is 3. The third kappa shape index (κ3) is 7.37. The molecule has 13 nitrogen and oxygen atoms in total. The molecule has 0 spiro atoms. The van der Waals surface area contributed by atoms with E-state index in [9.17, 15) is 19.5 Å². The van der Waals surface area contributed by atoms with Gasteiger partial charge in [0.1, 0.15) is 47.6 Å². The van der Waals surface area contributed by atoms with E-state index in [1.54, 1.807) is 39.0 Å². The third-order valence-corrected chi connectivity index (χ3v) is 13.3. The lowest BCUT2D eigenvalue weighted by atomic mass is 9.44. The van der Waals surface area contributed by atoms with Crippen LogP contribution in [0.25, 0.3) is 0 Å². The smallest absolute Gasteiger partial charge is 0.408 e. The highest BCUT2D eigenvalue weighted by Gasteiger charge is 2.74. The molecule has 1 saturated carbocycles. The second-order valence-corrected chi connectivity index (χ2v) is 18.5. The number of rotatable bonds is 10. The molecule has 2 aromatic rings. The van der Waals surface area contributed by atoms with Crippen molar-refractivity contribution in [2.45, 2.75) is 135 Å². The predicted molar refractivity (Wildman–Crippen MR) is 215 cm³/mol. The number of fused-ring (bicyclic) bond motifs is 8. The molecule has 1 aromatic heterocycles. The zero-order valence-corrected chi connectivity index (χ0v) is 35.7. The number of esters is 2. The number of alkyl carbamates (subject to hydrolysis) is 1. The summed E-state index contributed by atoms with van der Waals surface area (Å²) < 4.78 is 59.6. The molecule has 2 bridgehead atoms. The fraction of sp³-hybridized carbons (Fsp3) is 0.565. The van der Waals surface area contributed by atoms with Crippen LogP contribution in [0.15, 0.2) is 84.6 Å². The number of amides is 1. The number of carbonyl (C=O) groups excluding carboxylic acids is 3. The normalized spacial score (nSPS) is 34.9. The molecule has 14 heteroatoms. The van der Waals surface area contributed by atoms with Crippen molar-refractivity contribution in [3.05, 3.63) is 102 Å². The number of aliphatic hydroxyl groups is 1. The van der Waals surface area contributed by atoms with Gasteiger partial charge in [0, 0.05) is 36.3 Å². The first-order chi connectivity index (χ1) is 28.2. The van der Waals surface area contributed by atoms with Gasteiger partial charge in [0.2, 0.25) is 0 Å². The van der Waals surface area contributed by atoms with E-state index in [0.29, 0.717) is 16.7 Å². The van der Waals surface area contributed by atoms with Crippen molar-refractivity contribution >= 4 is 18.0 Å². The molecule has 1 amide bonds. The van der Waals surface area contributed by atoms with Gasteiger partial charge < -0.3 is 43.6 Å². The second kappa shape index (κ2) is 15.8. The minimum Gasteiger partial charge on any atom is -0.456 e. The number of ether oxygens (including phenoxy) is 7. The highest BCUT2D eigenvalue weighted by Crippen LogP contribution is 2.66. The van der Waals surface area contributed by atoms with E-state index in [2.05, 4.69) is 16.9 Å². The Morgan fingerprint density at radius 1 is 1.12 bits per heavy atom. The van der Waals surface area contributed by atoms with E-state index in [-0.39, 0.29) is 25.3 Å². The van der Waals surface area contributed by atoms with Crippen LogP contribution in [0.2, 0.25) is 0 Å². The van der Waals surface area contributed by atoms with Gasteiger partial charge in [-0.25, -0.2) is 14.0 Å². The Kier molecular flexibility index (Phi) is 11.5. The van der Waals surface area contributed by atoms with Crippen LogP contribution in [-0.4, -0.2) is 88.3 Å². The Balaban J connectivity index is 1.34. The van der Waals surface area contributed by atoms with E-state index in [0.717, 1.165) is 0 Å². The third-order valence-electron chi connectivity index (χ3n) is 13.3. The zero-order chi connectivity index (χ0) is 43.6. The van der Waals surface area contributed by atoms with E-state index in [4.69, 9.17) is 33.2 Å². The summed E-state index contributed by atoms with van der Waals surface area (Å²) in [4.78, 5) is 45.4. The van der Waals surface area contributed by atoms with Crippen molar-refractivity contribution in [3.63, 3.8) is 0 Å². The van der Waals surface area contributed by atoms with Crippen molar-refractivity contribution in [2.24, 2.45) is 22.7 Å². The first kappa shape index (κ1) is 43.6. The number of nitrogens with zero attached hydrogens (tertiary/aromatic N) is 1. The maximum Gasteiger partial charge on any atom is 0.408 e. The molecule has 2 saturated heterocycles. The topological polar surface area (TPSA) is 161 Å². The van der Waals surface area contributed by atoms with Crippen LogP contribution in [0.1, 0.15) is 86.0 Å². The van der Waals surface area contributed by atoms with Gasteiger partial charge in [0.05, 0.1) is 18.8 Å². The summed E-state index contributed by atoms with van der Waals surface area (Å²) in [5.74, 6) is -3.45. The Morgan fingerprint density at radius 3 is 2.45 bits per heavy atom. The zero-order valence-electron chi connectivity index (χ0n) is 35.7. The van der Waals surface area contributed by atoms with Gasteiger partial charge in [-0.3, -0.25) is 9.78 Å². The number of pyridine rings is 1. The van der Waals surface area contributed by atoms with E-state index < -0.39 is 106 Å². The van der Waals surface area contributed by atoms with E-state index in [1.165, 1.54) is 25.3 Å². The summed E-state index contributed by atoms with van der Waals surface area (Å²) in [5, 5.41) is 16.1. The summed E-state index contributed by atoms with van der Waals surface area (Å²) in [7, 11) is 0. The first-order valence-electron chi connectivity index (χ1n) is 20.5. The highest BCUT2D eigenvalue weighted by molar-refractivity contribution is 5.78. The summed E-state index contributed by atoms with van der Waals surface area (Å²) >= 11 is 0. The number of halogens is 1. The van der Waals surface area contributed by atoms with Gasteiger partial charge in [-0.15, -0.1) is 0 Å². The van der Waals surface area contributed by atoms with Crippen LogP contribution >= 0.6 is 0 Å². The largest absolute Gasteiger partial charge is 0.456 e. The molecule has 2 aliphatic heterocycles. The van der Waals surface area contributed by atoms with Crippen LogP contribution in [-0.2, 0) is 49.4 Å². The second-order valence-electron chi connectivity index (χ2n) is 18.5. The van der Waals surface area contributed by atoms with Crippen molar-refractivity contribution in [3.8, 4) is 0 Å². The van der Waals surface area contributed by atoms with Crippen molar-refractivity contribution in [1.29, 1.82) is 0 Å². The average Bonchev–Trinajstić information content (AvgIpc) is 3.59. The number of benzene rings is 1. The lowest BCUT2D eigenvalue weighted by molar-refractivity contribution is -0.306. The Morgan fingerprint density at radius 2 is 1.83 bits per heavy atom. The van der Waals surface area contributed by atoms with Crippen molar-refractivity contribution in [1.82, 2.24) is 10.3 Å². The number of hydrogen-bond acceptors (Lipinski definition) is 12. The number of aromatic nitrogens is 1. The molecule has 60 heavy (non-hydrogen) atoms. The molecule has 0 unspecified atom stereocenters. The highest BCUT2D eigenvalue weighted by atomic mass is 19.1. The van der Waals surface area contributed by atoms with E-state index >= 15 is 4.39 Å². The Bertz CT molecular complexity index is 2070. The summed E-state index contributed by atoms with van der Waals surface area (Å²) in [6.07, 6.45) is 0.228. The first-order valence-corrected chi connectivity index (χ1v) is 20.5. The summed E-state index contributed by atoms with van der Waals surface area (Å²) in [6, 6.07) is 10.1. The van der Waals surface area contributed by atoms with Crippen molar-refractivity contribution in [2.75, 3.05) is 6.61 Å². The molecule has 3 aliphatic carbocycles. The Labute approximate surface area is 350 Å². The van der Waals surface area contributed by atoms with Crippen LogP contribution in [0.5, 0.6) is 0 Å². The molecule has 3 fully saturated rings. The van der Waals surface area contributed by atoms with Gasteiger partial charge in [-0.05, 0) is 68.5 Å². The SMILES string of the molecule is C=C[C@@H]1O[C@@H]2C3=C(C)[C@@H](OC(=O)[C@H](OCc4ccccc4)[C@@H](NC(=O)OC(C)(C)C)c4ncccc4F)C[C@@](O)([C@@H](C)[C@H]4[C@@](C)(C=C[C@H]5OC[C@]54OC(C)=O)[C@@H]2O1)C3(C)C. The average molecular weight is 833 g/mol. The Hall–Kier alpha value is -4.47.